The molecule has 1 atom stereocenters. The molecule has 1 amide bonds. The van der Waals surface area contributed by atoms with Gasteiger partial charge in [-0.05, 0) is 42.7 Å². The second-order valence-electron chi connectivity index (χ2n) is 6.49. The minimum atomic E-state index is -0.792. The number of rotatable bonds is 6. The third-order valence-electron chi connectivity index (χ3n) is 4.95. The number of carbonyl (C=O) groups is 2. The molecule has 2 N–H and O–H groups in total. The highest BCUT2D eigenvalue weighted by atomic mass is 32.2. The molecular weight excluding hydrogens is 324 g/mol. The Bertz CT molecular complexity index is 616. The van der Waals surface area contributed by atoms with Gasteiger partial charge in [0.15, 0.2) is 0 Å². The van der Waals surface area contributed by atoms with Gasteiger partial charge < -0.3 is 10.4 Å². The van der Waals surface area contributed by atoms with E-state index in [4.69, 9.17) is 5.11 Å². The smallest absolute Gasteiger partial charge is 0.317 e. The summed E-state index contributed by atoms with van der Waals surface area (Å²) in [7, 11) is 0. The maximum absolute atomic E-state index is 12.6. The Morgan fingerprint density at radius 1 is 1.33 bits per heavy atom. The van der Waals surface area contributed by atoms with Crippen molar-refractivity contribution in [1.29, 1.82) is 0 Å². The van der Waals surface area contributed by atoms with Gasteiger partial charge in [0.1, 0.15) is 5.25 Å². The second-order valence-corrected chi connectivity index (χ2v) is 7.70. The number of hydrogen-bond donors (Lipinski definition) is 2. The first-order chi connectivity index (χ1) is 11.6. The molecule has 1 saturated carbocycles. The van der Waals surface area contributed by atoms with Crippen molar-refractivity contribution < 1.29 is 14.7 Å². The molecule has 0 radical (unpaired) electrons. The monoisotopic (exact) mass is 348 g/mol. The first-order valence-corrected chi connectivity index (χ1v) is 9.59. The number of aryl methyl sites for hydroxylation is 1. The van der Waals surface area contributed by atoms with Crippen LogP contribution in [-0.2, 0) is 16.0 Å². The summed E-state index contributed by atoms with van der Waals surface area (Å²) in [5.41, 5.74) is 2.42. The minimum Gasteiger partial charge on any atom is -0.480 e. The van der Waals surface area contributed by atoms with Crippen LogP contribution in [0.1, 0.15) is 36.1 Å². The summed E-state index contributed by atoms with van der Waals surface area (Å²) < 4.78 is 0. The summed E-state index contributed by atoms with van der Waals surface area (Å²) in [6, 6.07) is 8.63. The van der Waals surface area contributed by atoms with E-state index in [1.165, 1.54) is 5.56 Å². The zero-order valence-corrected chi connectivity index (χ0v) is 14.7. The van der Waals surface area contributed by atoms with Gasteiger partial charge >= 0.3 is 5.97 Å². The molecular formula is C18H24N2O3S. The van der Waals surface area contributed by atoms with Gasteiger partial charge in [-0.2, -0.15) is 0 Å². The fourth-order valence-electron chi connectivity index (χ4n) is 3.56. The number of nitrogens with one attached hydrogen (secondary N) is 1. The van der Waals surface area contributed by atoms with Crippen LogP contribution in [-0.4, -0.2) is 52.8 Å². The van der Waals surface area contributed by atoms with Crippen molar-refractivity contribution in [1.82, 2.24) is 10.2 Å². The zero-order chi connectivity index (χ0) is 17.1. The molecule has 3 rings (SSSR count). The van der Waals surface area contributed by atoms with Gasteiger partial charge in [-0.3, -0.25) is 14.5 Å². The number of thioether (sulfide) groups is 1. The third kappa shape index (κ3) is 3.75. The van der Waals surface area contributed by atoms with Crippen LogP contribution in [0.25, 0.3) is 0 Å². The fourth-order valence-corrected chi connectivity index (χ4v) is 4.77. The standard InChI is InChI=1S/C18H24N2O3S/c1-2-20(11-16(21)22)14-9-13(10-14)19-18(23)17-15-6-4-3-5-12(15)7-8-24-17/h3-6,13-14,17H,2,7-11H2,1H3,(H,19,23)(H,21,22). The van der Waals surface area contributed by atoms with E-state index in [2.05, 4.69) is 17.4 Å². The van der Waals surface area contributed by atoms with Crippen LogP contribution in [0.4, 0.5) is 0 Å². The van der Waals surface area contributed by atoms with Crippen molar-refractivity contribution in [3.8, 4) is 0 Å². The third-order valence-corrected chi connectivity index (χ3v) is 6.19. The van der Waals surface area contributed by atoms with Crippen LogP contribution in [0.15, 0.2) is 24.3 Å². The van der Waals surface area contributed by atoms with E-state index < -0.39 is 5.97 Å². The summed E-state index contributed by atoms with van der Waals surface area (Å²) >= 11 is 1.71. The SMILES string of the molecule is CCN(CC(=O)O)C1CC(NC(=O)C2SCCc3ccccc32)C1. The summed E-state index contributed by atoms with van der Waals surface area (Å²) in [5, 5.41) is 12.0. The molecule has 1 unspecified atom stereocenters. The quantitative estimate of drug-likeness (QED) is 0.824. The van der Waals surface area contributed by atoms with Crippen molar-refractivity contribution in [2.45, 2.75) is 43.5 Å². The number of carbonyl (C=O) groups excluding carboxylic acids is 1. The lowest BCUT2D eigenvalue weighted by molar-refractivity contribution is -0.139. The molecule has 24 heavy (non-hydrogen) atoms. The molecule has 2 aliphatic rings. The highest BCUT2D eigenvalue weighted by Gasteiger charge is 2.36. The van der Waals surface area contributed by atoms with Crippen LogP contribution in [0.5, 0.6) is 0 Å². The molecule has 0 spiro atoms. The van der Waals surface area contributed by atoms with E-state index in [1.807, 2.05) is 24.0 Å². The Balaban J connectivity index is 1.54. The molecule has 1 aliphatic heterocycles. The second kappa shape index (κ2) is 7.57. The highest BCUT2D eigenvalue weighted by molar-refractivity contribution is 8.00. The van der Waals surface area contributed by atoms with E-state index in [9.17, 15) is 9.59 Å². The first kappa shape index (κ1) is 17.3. The number of hydrogen-bond acceptors (Lipinski definition) is 4. The normalized spacial score (nSPS) is 25.7. The number of fused-ring (bicyclic) bond motifs is 1. The molecule has 1 fully saturated rings. The maximum Gasteiger partial charge on any atom is 0.317 e. The lowest BCUT2D eigenvalue weighted by Gasteiger charge is -2.42. The van der Waals surface area contributed by atoms with E-state index in [0.717, 1.165) is 37.1 Å². The van der Waals surface area contributed by atoms with Gasteiger partial charge in [0.05, 0.1) is 6.54 Å². The fraction of sp³-hybridized carbons (Fsp3) is 0.556. The molecule has 1 aromatic carbocycles. The number of amides is 1. The predicted octanol–water partition coefficient (Wildman–Crippen LogP) is 2.07. The summed E-state index contributed by atoms with van der Waals surface area (Å²) in [5.74, 6) is 0.279. The molecule has 6 heteroatoms. The summed E-state index contributed by atoms with van der Waals surface area (Å²) in [6.07, 6.45) is 2.70. The van der Waals surface area contributed by atoms with E-state index in [1.54, 1.807) is 11.8 Å². The zero-order valence-electron chi connectivity index (χ0n) is 13.9. The van der Waals surface area contributed by atoms with Crippen LogP contribution in [0.2, 0.25) is 0 Å². The Morgan fingerprint density at radius 3 is 2.79 bits per heavy atom. The van der Waals surface area contributed by atoms with Crippen molar-refractivity contribution in [3.05, 3.63) is 35.4 Å². The van der Waals surface area contributed by atoms with Crippen molar-refractivity contribution >= 4 is 23.6 Å². The van der Waals surface area contributed by atoms with Gasteiger partial charge in [0, 0.05) is 12.1 Å². The number of carboxylic acids is 1. The van der Waals surface area contributed by atoms with Crippen LogP contribution < -0.4 is 5.32 Å². The average Bonchev–Trinajstić information content (AvgIpc) is 2.55. The van der Waals surface area contributed by atoms with Crippen molar-refractivity contribution in [2.75, 3.05) is 18.8 Å². The summed E-state index contributed by atoms with van der Waals surface area (Å²) in [4.78, 5) is 25.5. The lowest BCUT2D eigenvalue weighted by atomic mass is 9.85. The Hall–Kier alpha value is -1.53. The largest absolute Gasteiger partial charge is 0.480 e. The van der Waals surface area contributed by atoms with E-state index in [0.29, 0.717) is 0 Å². The molecule has 1 aromatic rings. The number of benzene rings is 1. The van der Waals surface area contributed by atoms with Gasteiger partial charge in [0.2, 0.25) is 5.91 Å². The van der Waals surface area contributed by atoms with Crippen molar-refractivity contribution in [3.63, 3.8) is 0 Å². The molecule has 0 aromatic heterocycles. The van der Waals surface area contributed by atoms with E-state index >= 15 is 0 Å². The van der Waals surface area contributed by atoms with Crippen LogP contribution in [0, 0.1) is 0 Å². The van der Waals surface area contributed by atoms with Crippen molar-refractivity contribution in [2.24, 2.45) is 0 Å². The van der Waals surface area contributed by atoms with Gasteiger partial charge in [-0.25, -0.2) is 0 Å². The Labute approximate surface area is 146 Å². The minimum absolute atomic E-state index is 0.0771. The van der Waals surface area contributed by atoms with Crippen LogP contribution in [0.3, 0.4) is 0 Å². The van der Waals surface area contributed by atoms with Gasteiger partial charge in [0.25, 0.3) is 0 Å². The highest BCUT2D eigenvalue weighted by Crippen LogP contribution is 2.37. The molecule has 0 bridgehead atoms. The topological polar surface area (TPSA) is 69.6 Å². The molecule has 1 heterocycles. The number of likely N-dealkylation sites (N-methyl/N-ethyl adjacent to an activating group) is 1. The van der Waals surface area contributed by atoms with E-state index in [-0.39, 0.29) is 29.8 Å². The summed E-state index contributed by atoms with van der Waals surface area (Å²) in [6.45, 7) is 2.78. The molecule has 130 valence electrons. The Morgan fingerprint density at radius 2 is 2.08 bits per heavy atom. The van der Waals surface area contributed by atoms with Crippen LogP contribution >= 0.6 is 11.8 Å². The number of nitrogens with zero attached hydrogens (tertiary/aromatic N) is 1. The number of aliphatic carboxylic acids is 1. The first-order valence-electron chi connectivity index (χ1n) is 8.54. The number of carboxylic acid groups (broad SMARTS) is 1. The molecule has 5 nitrogen and oxygen atoms in total. The average molecular weight is 348 g/mol. The van der Waals surface area contributed by atoms with Gasteiger partial charge in [-0.15, -0.1) is 11.8 Å². The maximum atomic E-state index is 12.6. The Kier molecular flexibility index (Phi) is 5.46. The molecule has 1 aliphatic carbocycles. The molecule has 0 saturated heterocycles. The lowest BCUT2D eigenvalue weighted by Crippen LogP contribution is -2.55. The predicted molar refractivity (Wildman–Crippen MR) is 95.2 cm³/mol. The van der Waals surface area contributed by atoms with Gasteiger partial charge in [-0.1, -0.05) is 31.2 Å².